The molecule has 0 bridgehead atoms. The smallest absolute Gasteiger partial charge is 0.316 e. The summed E-state index contributed by atoms with van der Waals surface area (Å²) in [6.45, 7) is -0.673. The van der Waals surface area contributed by atoms with Crippen molar-refractivity contribution in [3.63, 3.8) is 0 Å². The van der Waals surface area contributed by atoms with Gasteiger partial charge in [0, 0.05) is 16.3 Å². The van der Waals surface area contributed by atoms with E-state index in [1.54, 1.807) is 6.07 Å². The Labute approximate surface area is 79.7 Å². The van der Waals surface area contributed by atoms with Gasteiger partial charge in [-0.25, -0.2) is 9.18 Å². The maximum Gasteiger partial charge on any atom is 0.316 e. The van der Waals surface area contributed by atoms with Crippen LogP contribution in [-0.2, 0) is 6.67 Å². The first-order chi connectivity index (χ1) is 6.13. The first kappa shape index (κ1) is 9.80. The molecule has 0 saturated carbocycles. The van der Waals surface area contributed by atoms with Crippen LogP contribution in [0.2, 0.25) is 5.02 Å². The molecule has 0 aliphatic heterocycles. The monoisotopic (exact) mass is 202 g/mol. The fourth-order valence-electron chi connectivity index (χ4n) is 0.897. The largest absolute Gasteiger partial charge is 0.351 e. The molecule has 0 radical (unpaired) electrons. The second-order valence-electron chi connectivity index (χ2n) is 2.43. The van der Waals surface area contributed by atoms with Gasteiger partial charge in [-0.2, -0.15) is 0 Å². The van der Waals surface area contributed by atoms with E-state index in [1.807, 2.05) is 0 Å². The van der Waals surface area contributed by atoms with E-state index in [4.69, 9.17) is 17.3 Å². The molecule has 0 heterocycles. The number of hydrogen-bond donors (Lipinski definition) is 2. The lowest BCUT2D eigenvalue weighted by Crippen LogP contribution is -2.19. The molecule has 3 nitrogen and oxygen atoms in total. The highest BCUT2D eigenvalue weighted by molar-refractivity contribution is 6.31. The summed E-state index contributed by atoms with van der Waals surface area (Å²) in [6, 6.07) is 3.80. The van der Waals surface area contributed by atoms with Crippen molar-refractivity contribution in [3.8, 4) is 0 Å². The van der Waals surface area contributed by atoms with Gasteiger partial charge in [-0.3, -0.25) is 0 Å². The van der Waals surface area contributed by atoms with Crippen LogP contribution in [0.3, 0.4) is 0 Å². The summed E-state index contributed by atoms with van der Waals surface area (Å²) in [4.78, 5) is 10.4. The predicted molar refractivity (Wildman–Crippen MR) is 49.5 cm³/mol. The minimum atomic E-state index is -0.688. The zero-order valence-electron chi connectivity index (χ0n) is 6.68. The lowest BCUT2D eigenvalue weighted by Gasteiger charge is -2.04. The molecular weight excluding hydrogens is 195 g/mol. The number of hydrogen-bond acceptors (Lipinski definition) is 1. The number of primary amides is 1. The molecule has 0 aliphatic carbocycles. The summed E-state index contributed by atoms with van der Waals surface area (Å²) in [5.74, 6) is 0. The molecular formula is C8H8ClFN2O. The summed E-state index contributed by atoms with van der Waals surface area (Å²) < 4.78 is 12.3. The zero-order valence-corrected chi connectivity index (χ0v) is 7.44. The second kappa shape index (κ2) is 4.09. The number of alkyl halides is 1. The standard InChI is InChI=1S/C8H8ClFN2O/c9-7-2-1-6(12-8(11)13)3-5(7)4-10/h1-3H,4H2,(H3,11,12,13). The van der Waals surface area contributed by atoms with Gasteiger partial charge in [-0.05, 0) is 18.2 Å². The molecule has 13 heavy (non-hydrogen) atoms. The number of nitrogens with two attached hydrogens (primary N) is 1. The van der Waals surface area contributed by atoms with E-state index in [0.717, 1.165) is 0 Å². The van der Waals surface area contributed by atoms with Crippen molar-refractivity contribution < 1.29 is 9.18 Å². The van der Waals surface area contributed by atoms with Crippen molar-refractivity contribution >= 4 is 23.3 Å². The van der Waals surface area contributed by atoms with Gasteiger partial charge in [0.05, 0.1) is 0 Å². The fraction of sp³-hybridized carbons (Fsp3) is 0.125. The highest BCUT2D eigenvalue weighted by atomic mass is 35.5. The summed E-state index contributed by atoms with van der Waals surface area (Å²) in [5.41, 5.74) is 5.64. The van der Waals surface area contributed by atoms with Crippen molar-refractivity contribution in [1.29, 1.82) is 0 Å². The Balaban J connectivity index is 2.92. The van der Waals surface area contributed by atoms with Crippen molar-refractivity contribution in [2.75, 3.05) is 5.32 Å². The average Bonchev–Trinajstić information content (AvgIpc) is 2.07. The zero-order chi connectivity index (χ0) is 9.84. The van der Waals surface area contributed by atoms with Crippen LogP contribution in [0.15, 0.2) is 18.2 Å². The molecule has 0 atom stereocenters. The Hall–Kier alpha value is -1.29. The van der Waals surface area contributed by atoms with Crippen LogP contribution < -0.4 is 11.1 Å². The third kappa shape index (κ3) is 2.59. The molecule has 1 rings (SSSR count). The van der Waals surface area contributed by atoms with Crippen LogP contribution in [0.25, 0.3) is 0 Å². The third-order valence-electron chi connectivity index (χ3n) is 1.46. The van der Waals surface area contributed by atoms with E-state index in [-0.39, 0.29) is 0 Å². The average molecular weight is 203 g/mol. The van der Waals surface area contributed by atoms with Crippen molar-refractivity contribution in [3.05, 3.63) is 28.8 Å². The summed E-state index contributed by atoms with van der Waals surface area (Å²) in [6.07, 6.45) is 0. The SMILES string of the molecule is NC(=O)Nc1ccc(Cl)c(CF)c1. The van der Waals surface area contributed by atoms with Gasteiger partial charge < -0.3 is 11.1 Å². The Morgan fingerprint density at radius 1 is 1.62 bits per heavy atom. The first-order valence-corrected chi connectivity index (χ1v) is 3.92. The number of urea groups is 1. The molecule has 0 unspecified atom stereocenters. The van der Waals surface area contributed by atoms with Crippen LogP contribution in [0.4, 0.5) is 14.9 Å². The van der Waals surface area contributed by atoms with E-state index < -0.39 is 12.7 Å². The molecule has 0 aromatic heterocycles. The highest BCUT2D eigenvalue weighted by Gasteiger charge is 2.02. The van der Waals surface area contributed by atoms with Gasteiger partial charge in [-0.15, -0.1) is 0 Å². The Bertz CT molecular complexity index is 330. The van der Waals surface area contributed by atoms with Gasteiger partial charge in [0.25, 0.3) is 0 Å². The van der Waals surface area contributed by atoms with Gasteiger partial charge >= 0.3 is 6.03 Å². The number of carbonyl (C=O) groups excluding carboxylic acids is 1. The molecule has 70 valence electrons. The maximum atomic E-state index is 12.3. The van der Waals surface area contributed by atoms with Crippen LogP contribution >= 0.6 is 11.6 Å². The lowest BCUT2D eigenvalue weighted by molar-refractivity contribution is 0.259. The molecule has 0 spiro atoms. The molecule has 2 amide bonds. The van der Waals surface area contributed by atoms with Crippen molar-refractivity contribution in [2.45, 2.75) is 6.67 Å². The number of rotatable bonds is 2. The third-order valence-corrected chi connectivity index (χ3v) is 1.83. The molecule has 1 aromatic carbocycles. The number of carbonyl (C=O) groups is 1. The number of anilines is 1. The minimum Gasteiger partial charge on any atom is -0.351 e. The van der Waals surface area contributed by atoms with Crippen LogP contribution in [0, 0.1) is 0 Å². The number of amides is 2. The normalized spacial score (nSPS) is 9.69. The number of nitrogens with one attached hydrogen (secondary N) is 1. The molecule has 1 aromatic rings. The second-order valence-corrected chi connectivity index (χ2v) is 2.84. The van der Waals surface area contributed by atoms with Crippen LogP contribution in [0.5, 0.6) is 0 Å². The van der Waals surface area contributed by atoms with E-state index >= 15 is 0 Å². The summed E-state index contributed by atoms with van der Waals surface area (Å²) >= 11 is 5.65. The Kier molecular flexibility index (Phi) is 3.08. The van der Waals surface area contributed by atoms with Crippen LogP contribution in [0.1, 0.15) is 5.56 Å². The molecule has 5 heteroatoms. The Morgan fingerprint density at radius 2 is 2.31 bits per heavy atom. The number of benzene rings is 1. The topological polar surface area (TPSA) is 55.1 Å². The van der Waals surface area contributed by atoms with Gasteiger partial charge in [0.2, 0.25) is 0 Å². The number of halogens is 2. The fourth-order valence-corrected chi connectivity index (χ4v) is 1.07. The van der Waals surface area contributed by atoms with Gasteiger partial charge in [0.15, 0.2) is 0 Å². The van der Waals surface area contributed by atoms with Crippen molar-refractivity contribution in [1.82, 2.24) is 0 Å². The quantitative estimate of drug-likeness (QED) is 0.760. The van der Waals surface area contributed by atoms with E-state index in [9.17, 15) is 9.18 Å². The lowest BCUT2D eigenvalue weighted by atomic mass is 10.2. The van der Waals surface area contributed by atoms with Crippen LogP contribution in [-0.4, -0.2) is 6.03 Å². The highest BCUT2D eigenvalue weighted by Crippen LogP contribution is 2.21. The molecule has 3 N–H and O–H groups in total. The van der Waals surface area contributed by atoms with Gasteiger partial charge in [0.1, 0.15) is 6.67 Å². The summed E-state index contributed by atoms with van der Waals surface area (Å²) in [7, 11) is 0. The maximum absolute atomic E-state index is 12.3. The molecule has 0 fully saturated rings. The molecule has 0 aliphatic rings. The molecule has 0 saturated heterocycles. The Morgan fingerprint density at radius 3 is 2.85 bits per heavy atom. The van der Waals surface area contributed by atoms with E-state index in [0.29, 0.717) is 16.3 Å². The van der Waals surface area contributed by atoms with Gasteiger partial charge in [-0.1, -0.05) is 11.6 Å². The summed E-state index contributed by atoms with van der Waals surface area (Å²) in [5, 5.41) is 2.65. The van der Waals surface area contributed by atoms with E-state index in [1.165, 1.54) is 12.1 Å². The first-order valence-electron chi connectivity index (χ1n) is 3.54. The van der Waals surface area contributed by atoms with Crippen molar-refractivity contribution in [2.24, 2.45) is 5.73 Å². The van der Waals surface area contributed by atoms with E-state index in [2.05, 4.69) is 5.32 Å². The predicted octanol–water partition coefficient (Wildman–Crippen LogP) is 2.30. The minimum absolute atomic E-state index is 0.327.